The van der Waals surface area contributed by atoms with Gasteiger partial charge in [0.05, 0.1) is 12.0 Å². The SMILES string of the molecule is COc1ccc([N+](=O)[O-])cc1S(=O)(=O)N[C@H](C)CN.Cl. The van der Waals surface area contributed by atoms with Crippen LogP contribution in [0.15, 0.2) is 23.1 Å². The van der Waals surface area contributed by atoms with Crippen molar-refractivity contribution in [1.29, 1.82) is 0 Å². The molecule has 114 valence electrons. The number of nitro groups is 1. The molecule has 10 heteroatoms. The van der Waals surface area contributed by atoms with Gasteiger partial charge in [-0.15, -0.1) is 12.4 Å². The monoisotopic (exact) mass is 325 g/mol. The Kier molecular flexibility index (Phi) is 6.86. The Labute approximate surface area is 122 Å². The molecule has 0 spiro atoms. The van der Waals surface area contributed by atoms with E-state index in [2.05, 4.69) is 4.72 Å². The number of non-ortho nitro benzene ring substituents is 1. The van der Waals surface area contributed by atoms with Gasteiger partial charge in [-0.3, -0.25) is 10.1 Å². The van der Waals surface area contributed by atoms with Crippen LogP contribution in [0.5, 0.6) is 5.75 Å². The zero-order valence-corrected chi connectivity index (χ0v) is 12.5. The van der Waals surface area contributed by atoms with Crippen LogP contribution in [0.25, 0.3) is 0 Å². The Bertz CT molecular complexity index is 578. The molecule has 0 aliphatic rings. The highest BCUT2D eigenvalue weighted by Gasteiger charge is 2.24. The lowest BCUT2D eigenvalue weighted by Crippen LogP contribution is -2.37. The van der Waals surface area contributed by atoms with Crippen LogP contribution in [0.2, 0.25) is 0 Å². The lowest BCUT2D eigenvalue weighted by molar-refractivity contribution is -0.385. The summed E-state index contributed by atoms with van der Waals surface area (Å²) in [5.41, 5.74) is 5.01. The number of sulfonamides is 1. The molecule has 0 heterocycles. The lowest BCUT2D eigenvalue weighted by Gasteiger charge is -2.14. The van der Waals surface area contributed by atoms with Gasteiger partial charge in [0.15, 0.2) is 0 Å². The highest BCUT2D eigenvalue weighted by molar-refractivity contribution is 7.89. The van der Waals surface area contributed by atoms with Crippen LogP contribution in [0.3, 0.4) is 0 Å². The predicted octanol–water partition coefficient (Wildman–Crippen LogP) is 0.651. The summed E-state index contributed by atoms with van der Waals surface area (Å²) in [5, 5.41) is 10.7. The summed E-state index contributed by atoms with van der Waals surface area (Å²) in [5.74, 6) is 0.0299. The molecule has 0 amide bonds. The second-order valence-corrected chi connectivity index (χ2v) is 5.53. The van der Waals surface area contributed by atoms with Crippen LogP contribution >= 0.6 is 12.4 Å². The number of benzene rings is 1. The average Bonchev–Trinajstić information content (AvgIpc) is 2.37. The summed E-state index contributed by atoms with van der Waals surface area (Å²) >= 11 is 0. The fraction of sp³-hybridized carbons (Fsp3) is 0.400. The molecule has 0 unspecified atom stereocenters. The van der Waals surface area contributed by atoms with Crippen LogP contribution in [-0.4, -0.2) is 33.0 Å². The fourth-order valence-electron chi connectivity index (χ4n) is 1.37. The van der Waals surface area contributed by atoms with E-state index in [-0.39, 0.29) is 35.3 Å². The molecule has 0 fully saturated rings. The van der Waals surface area contributed by atoms with E-state index in [0.29, 0.717) is 0 Å². The first kappa shape index (κ1) is 18.6. The topological polar surface area (TPSA) is 125 Å². The smallest absolute Gasteiger partial charge is 0.271 e. The zero-order chi connectivity index (χ0) is 14.6. The van der Waals surface area contributed by atoms with Crippen molar-refractivity contribution in [1.82, 2.24) is 4.72 Å². The van der Waals surface area contributed by atoms with Gasteiger partial charge < -0.3 is 10.5 Å². The van der Waals surface area contributed by atoms with Gasteiger partial charge in [-0.25, -0.2) is 13.1 Å². The van der Waals surface area contributed by atoms with Crippen LogP contribution in [0, 0.1) is 10.1 Å². The van der Waals surface area contributed by atoms with Crippen LogP contribution in [0.4, 0.5) is 5.69 Å². The molecule has 1 rings (SSSR count). The number of hydrogen-bond donors (Lipinski definition) is 2. The van der Waals surface area contributed by atoms with Gasteiger partial charge in [0.1, 0.15) is 10.6 Å². The van der Waals surface area contributed by atoms with Crippen molar-refractivity contribution >= 4 is 28.1 Å². The number of hydrogen-bond acceptors (Lipinski definition) is 6. The molecule has 1 atom stereocenters. The Hall–Kier alpha value is -1.42. The predicted molar refractivity (Wildman–Crippen MR) is 75.7 cm³/mol. The lowest BCUT2D eigenvalue weighted by atomic mass is 10.3. The molecule has 8 nitrogen and oxygen atoms in total. The van der Waals surface area contributed by atoms with Gasteiger partial charge in [-0.05, 0) is 13.0 Å². The number of nitro benzene ring substituents is 1. The molecule has 1 aromatic rings. The highest BCUT2D eigenvalue weighted by atomic mass is 35.5. The Morgan fingerprint density at radius 3 is 2.55 bits per heavy atom. The molecule has 0 radical (unpaired) electrons. The van der Waals surface area contributed by atoms with Gasteiger partial charge in [-0.1, -0.05) is 0 Å². The summed E-state index contributed by atoms with van der Waals surface area (Å²) in [6.07, 6.45) is 0. The molecule has 0 aromatic heterocycles. The summed E-state index contributed by atoms with van der Waals surface area (Å²) in [4.78, 5) is 9.72. The van der Waals surface area contributed by atoms with E-state index in [1.807, 2.05) is 0 Å². The minimum Gasteiger partial charge on any atom is -0.495 e. The Balaban J connectivity index is 0.00000361. The second-order valence-electron chi connectivity index (χ2n) is 3.85. The molecule has 20 heavy (non-hydrogen) atoms. The molecule has 0 saturated heterocycles. The zero-order valence-electron chi connectivity index (χ0n) is 10.9. The van der Waals surface area contributed by atoms with E-state index in [9.17, 15) is 18.5 Å². The van der Waals surface area contributed by atoms with Crippen LogP contribution in [-0.2, 0) is 10.0 Å². The molecule has 0 bridgehead atoms. The number of ether oxygens (including phenoxy) is 1. The number of rotatable bonds is 6. The molecule has 1 aromatic carbocycles. The number of nitrogens with two attached hydrogens (primary N) is 1. The summed E-state index contributed by atoms with van der Waals surface area (Å²) < 4.78 is 31.4. The van der Waals surface area contributed by atoms with E-state index in [4.69, 9.17) is 10.5 Å². The maximum absolute atomic E-state index is 12.1. The second kappa shape index (κ2) is 7.39. The van der Waals surface area contributed by atoms with Crippen molar-refractivity contribution in [2.45, 2.75) is 17.9 Å². The maximum Gasteiger partial charge on any atom is 0.271 e. The van der Waals surface area contributed by atoms with Crippen LogP contribution in [0.1, 0.15) is 6.92 Å². The third kappa shape index (κ3) is 4.30. The number of nitrogens with one attached hydrogen (secondary N) is 1. The first-order valence-corrected chi connectivity index (χ1v) is 6.85. The normalized spacial score (nSPS) is 12.3. The van der Waals surface area contributed by atoms with Gasteiger partial charge >= 0.3 is 0 Å². The molecule has 3 N–H and O–H groups in total. The third-order valence-corrected chi connectivity index (χ3v) is 3.97. The third-order valence-electron chi connectivity index (χ3n) is 2.36. The van der Waals surface area contributed by atoms with E-state index >= 15 is 0 Å². The minimum atomic E-state index is -3.93. The largest absolute Gasteiger partial charge is 0.495 e. The average molecular weight is 326 g/mol. The molecule has 0 saturated carbocycles. The minimum absolute atomic E-state index is 0. The Morgan fingerprint density at radius 1 is 1.50 bits per heavy atom. The van der Waals surface area contributed by atoms with Crippen molar-refractivity contribution in [2.24, 2.45) is 5.73 Å². The van der Waals surface area contributed by atoms with Gasteiger partial charge in [0, 0.05) is 24.7 Å². The van der Waals surface area contributed by atoms with E-state index in [1.54, 1.807) is 6.92 Å². The van der Waals surface area contributed by atoms with Crippen molar-refractivity contribution in [3.8, 4) is 5.75 Å². The van der Waals surface area contributed by atoms with Crippen molar-refractivity contribution in [3.63, 3.8) is 0 Å². The summed E-state index contributed by atoms with van der Waals surface area (Å²) in [6, 6.07) is 2.86. The van der Waals surface area contributed by atoms with Crippen molar-refractivity contribution < 1.29 is 18.1 Å². The Morgan fingerprint density at radius 2 is 2.10 bits per heavy atom. The standard InChI is InChI=1S/C10H15N3O5S.ClH/c1-7(6-11)12-19(16,17)10-5-8(13(14)15)3-4-9(10)18-2;/h3-5,7,12H,6,11H2,1-2H3;1H/t7-;/m1./s1. The van der Waals surface area contributed by atoms with Crippen molar-refractivity contribution in [3.05, 3.63) is 28.3 Å². The van der Waals surface area contributed by atoms with Gasteiger partial charge in [-0.2, -0.15) is 0 Å². The molecule has 0 aliphatic carbocycles. The van der Waals surface area contributed by atoms with Gasteiger partial charge in [0.25, 0.3) is 5.69 Å². The summed E-state index contributed by atoms with van der Waals surface area (Å²) in [6.45, 7) is 1.69. The number of methoxy groups -OCH3 is 1. The maximum atomic E-state index is 12.1. The molecular formula is C10H16ClN3O5S. The number of halogens is 1. The number of nitrogens with zero attached hydrogens (tertiary/aromatic N) is 1. The first-order valence-electron chi connectivity index (χ1n) is 5.36. The van der Waals surface area contributed by atoms with Crippen LogP contribution < -0.4 is 15.2 Å². The summed E-state index contributed by atoms with van der Waals surface area (Å²) in [7, 11) is -2.65. The molecular weight excluding hydrogens is 310 g/mol. The van der Waals surface area contributed by atoms with Gasteiger partial charge in [0.2, 0.25) is 10.0 Å². The van der Waals surface area contributed by atoms with E-state index in [1.165, 1.54) is 19.2 Å². The fourth-order valence-corrected chi connectivity index (χ4v) is 2.81. The van der Waals surface area contributed by atoms with E-state index < -0.39 is 21.0 Å². The first-order chi connectivity index (χ1) is 8.81. The van der Waals surface area contributed by atoms with E-state index in [0.717, 1.165) is 6.07 Å². The molecule has 0 aliphatic heterocycles. The highest BCUT2D eigenvalue weighted by Crippen LogP contribution is 2.28. The quantitative estimate of drug-likeness (QED) is 0.584. The van der Waals surface area contributed by atoms with Crippen molar-refractivity contribution in [2.75, 3.05) is 13.7 Å².